The van der Waals surface area contributed by atoms with Crippen molar-refractivity contribution in [3.63, 3.8) is 0 Å². The Morgan fingerprint density at radius 3 is 2.67 bits per heavy atom. The van der Waals surface area contributed by atoms with Gasteiger partial charge in [0.2, 0.25) is 0 Å². The van der Waals surface area contributed by atoms with E-state index in [0.717, 1.165) is 5.56 Å². The molecular weight excluding hydrogens is 269 g/mol. The molecule has 0 radical (unpaired) electrons. The van der Waals surface area contributed by atoms with Crippen LogP contribution in [0.25, 0.3) is 0 Å². The summed E-state index contributed by atoms with van der Waals surface area (Å²) < 4.78 is 0. The molecule has 0 fully saturated rings. The van der Waals surface area contributed by atoms with Crippen LogP contribution in [0.3, 0.4) is 0 Å². The fourth-order valence-electron chi connectivity index (χ4n) is 1.62. The Morgan fingerprint density at radius 1 is 1.17 bits per heavy atom. The maximum absolute atomic E-state index is 12.0. The first-order valence-corrected chi connectivity index (χ1v) is 6.29. The molecule has 0 atom stereocenters. The maximum Gasteiger partial charge on any atom is 0.163 e. The van der Waals surface area contributed by atoms with Crippen LogP contribution in [0.15, 0.2) is 42.7 Å². The summed E-state index contributed by atoms with van der Waals surface area (Å²) in [6.45, 7) is 0. The van der Waals surface area contributed by atoms with Crippen molar-refractivity contribution in [2.75, 3.05) is 0 Å². The Bertz CT molecular complexity index is 555. The summed E-state index contributed by atoms with van der Waals surface area (Å²) in [5.41, 5.74) is 1.64. The Hall–Kier alpha value is -1.38. The van der Waals surface area contributed by atoms with Gasteiger partial charge in [0.05, 0.1) is 10.0 Å². The minimum atomic E-state index is 0.0532. The van der Waals surface area contributed by atoms with E-state index < -0.39 is 0 Å². The molecule has 0 aliphatic carbocycles. The molecule has 4 heteroatoms. The Balaban J connectivity index is 2.02. The minimum absolute atomic E-state index is 0.0532. The molecule has 0 aliphatic heterocycles. The molecule has 18 heavy (non-hydrogen) atoms. The lowest BCUT2D eigenvalue weighted by Crippen LogP contribution is -2.01. The number of halogens is 2. The van der Waals surface area contributed by atoms with Gasteiger partial charge in [-0.2, -0.15) is 0 Å². The van der Waals surface area contributed by atoms with E-state index in [1.807, 2.05) is 12.1 Å². The van der Waals surface area contributed by atoms with Crippen molar-refractivity contribution < 1.29 is 4.79 Å². The van der Waals surface area contributed by atoms with Gasteiger partial charge in [0.15, 0.2) is 5.78 Å². The second-order valence-corrected chi connectivity index (χ2v) is 4.73. The van der Waals surface area contributed by atoms with Gasteiger partial charge in [0.25, 0.3) is 0 Å². The van der Waals surface area contributed by atoms with Crippen molar-refractivity contribution in [2.45, 2.75) is 12.8 Å². The summed E-state index contributed by atoms with van der Waals surface area (Å²) in [5, 5.41) is 0.865. The van der Waals surface area contributed by atoms with Crippen LogP contribution in [-0.2, 0) is 6.42 Å². The molecule has 1 heterocycles. The quantitative estimate of drug-likeness (QED) is 0.785. The standard InChI is InChI=1S/C14H11Cl2NO/c15-12-5-4-11(8-13(12)16)14(18)6-3-10-2-1-7-17-9-10/h1-2,4-5,7-9H,3,6H2. The molecule has 92 valence electrons. The highest BCUT2D eigenvalue weighted by atomic mass is 35.5. The second-order valence-electron chi connectivity index (χ2n) is 3.91. The van der Waals surface area contributed by atoms with Gasteiger partial charge in [-0.1, -0.05) is 29.3 Å². The Kier molecular flexibility index (Phi) is 4.34. The van der Waals surface area contributed by atoms with E-state index in [2.05, 4.69) is 4.98 Å². The van der Waals surface area contributed by atoms with Gasteiger partial charge in [-0.3, -0.25) is 9.78 Å². The number of carbonyl (C=O) groups is 1. The van der Waals surface area contributed by atoms with E-state index in [1.165, 1.54) is 0 Å². The Labute approximate surface area is 116 Å². The number of pyridine rings is 1. The van der Waals surface area contributed by atoms with Crippen molar-refractivity contribution in [1.29, 1.82) is 0 Å². The van der Waals surface area contributed by atoms with Gasteiger partial charge in [-0.25, -0.2) is 0 Å². The minimum Gasteiger partial charge on any atom is -0.294 e. The van der Waals surface area contributed by atoms with Crippen LogP contribution in [0, 0.1) is 0 Å². The SMILES string of the molecule is O=C(CCc1cccnc1)c1ccc(Cl)c(Cl)c1. The van der Waals surface area contributed by atoms with Crippen LogP contribution in [-0.4, -0.2) is 10.8 Å². The molecule has 0 aliphatic rings. The highest BCUT2D eigenvalue weighted by Gasteiger charge is 2.08. The summed E-state index contributed by atoms with van der Waals surface area (Å²) in [6, 6.07) is 8.75. The Morgan fingerprint density at radius 2 is 2.00 bits per heavy atom. The lowest BCUT2D eigenvalue weighted by Gasteiger charge is -2.03. The lowest BCUT2D eigenvalue weighted by molar-refractivity contribution is 0.0983. The van der Waals surface area contributed by atoms with Crippen molar-refractivity contribution in [3.8, 4) is 0 Å². The van der Waals surface area contributed by atoms with Crippen LogP contribution in [0.2, 0.25) is 10.0 Å². The van der Waals surface area contributed by atoms with Crippen LogP contribution in [0.4, 0.5) is 0 Å². The molecule has 0 saturated heterocycles. The molecule has 2 rings (SSSR count). The number of carbonyl (C=O) groups excluding carboxylic acids is 1. The zero-order valence-corrected chi connectivity index (χ0v) is 11.1. The zero-order chi connectivity index (χ0) is 13.0. The van der Waals surface area contributed by atoms with E-state index in [4.69, 9.17) is 23.2 Å². The number of ketones is 1. The number of Topliss-reactive ketones (excluding diaryl/α,β-unsaturated/α-hetero) is 1. The normalized spacial score (nSPS) is 10.3. The molecule has 1 aromatic carbocycles. The van der Waals surface area contributed by atoms with Crippen LogP contribution in [0.5, 0.6) is 0 Å². The van der Waals surface area contributed by atoms with E-state index in [-0.39, 0.29) is 5.78 Å². The van der Waals surface area contributed by atoms with Crippen molar-refractivity contribution >= 4 is 29.0 Å². The molecule has 2 nitrogen and oxygen atoms in total. The average Bonchev–Trinajstić information content (AvgIpc) is 2.40. The van der Waals surface area contributed by atoms with Crippen molar-refractivity contribution in [3.05, 3.63) is 63.9 Å². The third-order valence-electron chi connectivity index (χ3n) is 2.61. The number of hydrogen-bond acceptors (Lipinski definition) is 2. The van der Waals surface area contributed by atoms with E-state index in [1.54, 1.807) is 30.6 Å². The third kappa shape index (κ3) is 3.31. The zero-order valence-electron chi connectivity index (χ0n) is 9.57. The van der Waals surface area contributed by atoms with Crippen molar-refractivity contribution in [2.24, 2.45) is 0 Å². The first-order chi connectivity index (χ1) is 8.66. The van der Waals surface area contributed by atoms with Gasteiger partial charge in [0, 0.05) is 24.4 Å². The number of benzene rings is 1. The highest BCUT2D eigenvalue weighted by molar-refractivity contribution is 6.42. The maximum atomic E-state index is 12.0. The molecule has 2 aromatic rings. The lowest BCUT2D eigenvalue weighted by atomic mass is 10.0. The first kappa shape index (κ1) is 13.1. The molecule has 0 saturated carbocycles. The molecule has 0 unspecified atom stereocenters. The largest absolute Gasteiger partial charge is 0.294 e. The number of aromatic nitrogens is 1. The van der Waals surface area contributed by atoms with Gasteiger partial charge in [0.1, 0.15) is 0 Å². The number of hydrogen-bond donors (Lipinski definition) is 0. The predicted molar refractivity (Wildman–Crippen MR) is 73.4 cm³/mol. The first-order valence-electron chi connectivity index (χ1n) is 5.54. The summed E-state index contributed by atoms with van der Waals surface area (Å²) in [4.78, 5) is 16.0. The van der Waals surface area contributed by atoms with Gasteiger partial charge in [-0.15, -0.1) is 0 Å². The topological polar surface area (TPSA) is 30.0 Å². The number of rotatable bonds is 4. The number of nitrogens with zero attached hydrogens (tertiary/aromatic N) is 1. The fourth-order valence-corrected chi connectivity index (χ4v) is 1.92. The van der Waals surface area contributed by atoms with Gasteiger partial charge in [-0.05, 0) is 36.2 Å². The van der Waals surface area contributed by atoms with E-state index in [0.29, 0.717) is 28.5 Å². The van der Waals surface area contributed by atoms with Crippen LogP contribution >= 0.6 is 23.2 Å². The molecule has 1 aromatic heterocycles. The van der Waals surface area contributed by atoms with Crippen LogP contribution < -0.4 is 0 Å². The summed E-state index contributed by atoms with van der Waals surface area (Å²) >= 11 is 11.7. The smallest absolute Gasteiger partial charge is 0.163 e. The number of aryl methyl sites for hydroxylation is 1. The molecule has 0 bridgehead atoms. The molecule has 0 N–H and O–H groups in total. The molecular formula is C14H11Cl2NO. The van der Waals surface area contributed by atoms with Gasteiger partial charge < -0.3 is 0 Å². The average molecular weight is 280 g/mol. The van der Waals surface area contributed by atoms with Gasteiger partial charge >= 0.3 is 0 Å². The van der Waals surface area contributed by atoms with Crippen molar-refractivity contribution in [1.82, 2.24) is 4.98 Å². The van der Waals surface area contributed by atoms with E-state index in [9.17, 15) is 4.79 Å². The molecule has 0 spiro atoms. The summed E-state index contributed by atoms with van der Waals surface area (Å²) in [7, 11) is 0. The summed E-state index contributed by atoms with van der Waals surface area (Å²) in [6.07, 6.45) is 4.59. The summed E-state index contributed by atoms with van der Waals surface area (Å²) in [5.74, 6) is 0.0532. The fraction of sp³-hybridized carbons (Fsp3) is 0.143. The monoisotopic (exact) mass is 279 g/mol. The van der Waals surface area contributed by atoms with E-state index >= 15 is 0 Å². The third-order valence-corrected chi connectivity index (χ3v) is 3.34. The van der Waals surface area contributed by atoms with Crippen LogP contribution in [0.1, 0.15) is 22.3 Å². The highest BCUT2D eigenvalue weighted by Crippen LogP contribution is 2.23. The predicted octanol–water partition coefficient (Wildman–Crippen LogP) is 4.20. The second kappa shape index (κ2) is 5.98. The molecule has 0 amide bonds.